The number of piperidine rings is 2. The van der Waals surface area contributed by atoms with Gasteiger partial charge in [-0.05, 0) is 53.2 Å². The van der Waals surface area contributed by atoms with E-state index in [9.17, 15) is 4.79 Å². The van der Waals surface area contributed by atoms with Crippen LogP contribution in [0.25, 0.3) is 0 Å². The summed E-state index contributed by atoms with van der Waals surface area (Å²) < 4.78 is 0. The molecule has 108 valence electrons. The molecule has 4 aliphatic rings. The Morgan fingerprint density at radius 3 is 2.21 bits per heavy atom. The summed E-state index contributed by atoms with van der Waals surface area (Å²) in [5.41, 5.74) is 0. The van der Waals surface area contributed by atoms with Crippen molar-refractivity contribution >= 4 is 5.91 Å². The van der Waals surface area contributed by atoms with E-state index >= 15 is 0 Å². The minimum absolute atomic E-state index is 0.293. The smallest absolute Gasteiger partial charge is 0.225 e. The minimum atomic E-state index is 0.293. The molecular formula is C15H27N3O. The van der Waals surface area contributed by atoms with Crippen LogP contribution in [0.5, 0.6) is 0 Å². The molecule has 4 heterocycles. The van der Waals surface area contributed by atoms with Gasteiger partial charge in [0.15, 0.2) is 0 Å². The first-order valence-corrected chi connectivity index (χ1v) is 7.81. The van der Waals surface area contributed by atoms with Crippen LogP contribution in [-0.2, 0) is 4.79 Å². The Morgan fingerprint density at radius 2 is 1.68 bits per heavy atom. The van der Waals surface area contributed by atoms with Crippen LogP contribution in [0.4, 0.5) is 0 Å². The zero-order chi connectivity index (χ0) is 13.6. The summed E-state index contributed by atoms with van der Waals surface area (Å²) in [6.45, 7) is 8.64. The number of likely N-dealkylation sites (tertiary alicyclic amines) is 1. The lowest BCUT2D eigenvalue weighted by molar-refractivity contribution is -0.152. The zero-order valence-electron chi connectivity index (χ0n) is 12.5. The van der Waals surface area contributed by atoms with Gasteiger partial charge in [-0.1, -0.05) is 0 Å². The molecule has 0 aromatic heterocycles. The van der Waals surface area contributed by atoms with Gasteiger partial charge in [-0.2, -0.15) is 0 Å². The normalized spacial score (nSPS) is 33.6. The van der Waals surface area contributed by atoms with Crippen LogP contribution in [0.2, 0.25) is 0 Å². The standard InChI is InChI=1S/C15H27N3O/c1-11(2)18-13-8-14(18)10-17(9-13)15(19)12-4-6-16(3)7-5-12/h11-14H,4-10H2,1-3H3. The second-order valence-corrected chi connectivity index (χ2v) is 6.91. The summed E-state index contributed by atoms with van der Waals surface area (Å²) in [4.78, 5) is 19.7. The van der Waals surface area contributed by atoms with Crippen molar-refractivity contribution in [2.24, 2.45) is 5.92 Å². The van der Waals surface area contributed by atoms with Crippen LogP contribution in [0, 0.1) is 5.92 Å². The first-order valence-electron chi connectivity index (χ1n) is 7.81. The van der Waals surface area contributed by atoms with E-state index in [1.165, 1.54) is 6.42 Å². The first-order chi connectivity index (χ1) is 9.06. The fraction of sp³-hybridized carbons (Fsp3) is 0.933. The van der Waals surface area contributed by atoms with Gasteiger partial charge in [0.05, 0.1) is 0 Å². The first kappa shape index (κ1) is 13.4. The molecule has 4 aliphatic heterocycles. The molecule has 4 heteroatoms. The van der Waals surface area contributed by atoms with Gasteiger partial charge in [0.2, 0.25) is 5.91 Å². The van der Waals surface area contributed by atoms with Crippen molar-refractivity contribution in [1.82, 2.24) is 14.7 Å². The van der Waals surface area contributed by atoms with E-state index < -0.39 is 0 Å². The monoisotopic (exact) mass is 265 g/mol. The van der Waals surface area contributed by atoms with Crippen molar-refractivity contribution in [2.45, 2.75) is 51.2 Å². The maximum atomic E-state index is 12.6. The number of fused-ring (bicyclic) bond motifs is 2. The fourth-order valence-electron chi connectivity index (χ4n) is 4.18. The second kappa shape index (κ2) is 5.06. The highest BCUT2D eigenvalue weighted by molar-refractivity contribution is 5.79. The summed E-state index contributed by atoms with van der Waals surface area (Å²) in [6.07, 6.45) is 3.40. The Balaban J connectivity index is 1.56. The van der Waals surface area contributed by atoms with Crippen LogP contribution >= 0.6 is 0 Å². The third-order valence-electron chi connectivity index (χ3n) is 5.23. The van der Waals surface area contributed by atoms with E-state index in [-0.39, 0.29) is 0 Å². The highest BCUT2D eigenvalue weighted by atomic mass is 16.2. The molecule has 4 fully saturated rings. The number of rotatable bonds is 2. The molecule has 0 aromatic carbocycles. The molecule has 0 N–H and O–H groups in total. The van der Waals surface area contributed by atoms with E-state index in [0.29, 0.717) is 30.0 Å². The molecule has 2 unspecified atom stereocenters. The summed E-state index contributed by atoms with van der Waals surface area (Å²) in [5.74, 6) is 0.729. The Hall–Kier alpha value is -0.610. The van der Waals surface area contributed by atoms with Gasteiger partial charge in [-0.25, -0.2) is 0 Å². The van der Waals surface area contributed by atoms with E-state index in [4.69, 9.17) is 0 Å². The Morgan fingerprint density at radius 1 is 1.11 bits per heavy atom. The fourth-order valence-corrected chi connectivity index (χ4v) is 4.18. The van der Waals surface area contributed by atoms with Gasteiger partial charge in [0, 0.05) is 37.1 Å². The Kier molecular flexibility index (Phi) is 3.56. The van der Waals surface area contributed by atoms with Crippen LogP contribution in [-0.4, -0.2) is 72.0 Å². The molecular weight excluding hydrogens is 238 g/mol. The highest BCUT2D eigenvalue weighted by Gasteiger charge is 2.47. The number of carbonyl (C=O) groups is 1. The molecule has 2 atom stereocenters. The maximum absolute atomic E-state index is 12.6. The van der Waals surface area contributed by atoms with Crippen molar-refractivity contribution in [3.05, 3.63) is 0 Å². The van der Waals surface area contributed by atoms with Crippen molar-refractivity contribution in [3.8, 4) is 0 Å². The Bertz CT molecular complexity index is 337. The predicted molar refractivity (Wildman–Crippen MR) is 76.0 cm³/mol. The average Bonchev–Trinajstić information content (AvgIpc) is 2.38. The molecule has 0 spiro atoms. The van der Waals surface area contributed by atoms with Crippen LogP contribution in [0.3, 0.4) is 0 Å². The van der Waals surface area contributed by atoms with Crippen molar-refractivity contribution in [2.75, 3.05) is 33.2 Å². The number of piperazine rings is 1. The van der Waals surface area contributed by atoms with Crippen molar-refractivity contribution < 1.29 is 4.79 Å². The van der Waals surface area contributed by atoms with Gasteiger partial charge in [-0.3, -0.25) is 9.69 Å². The largest absolute Gasteiger partial charge is 0.339 e. The van der Waals surface area contributed by atoms with Crippen LogP contribution in [0.1, 0.15) is 33.1 Å². The van der Waals surface area contributed by atoms with Crippen molar-refractivity contribution in [3.63, 3.8) is 0 Å². The van der Waals surface area contributed by atoms with Gasteiger partial charge in [-0.15, -0.1) is 0 Å². The second-order valence-electron chi connectivity index (χ2n) is 6.91. The van der Waals surface area contributed by atoms with E-state index in [1.807, 2.05) is 0 Å². The molecule has 0 radical (unpaired) electrons. The number of nitrogens with zero attached hydrogens (tertiary/aromatic N) is 3. The molecule has 0 aromatic rings. The van der Waals surface area contributed by atoms with E-state index in [0.717, 1.165) is 39.0 Å². The third-order valence-corrected chi connectivity index (χ3v) is 5.23. The molecule has 0 saturated carbocycles. The summed E-state index contributed by atoms with van der Waals surface area (Å²) in [7, 11) is 2.15. The van der Waals surface area contributed by atoms with Gasteiger partial charge >= 0.3 is 0 Å². The molecule has 4 saturated heterocycles. The summed E-state index contributed by atoms with van der Waals surface area (Å²) in [6, 6.07) is 1.90. The van der Waals surface area contributed by atoms with Gasteiger partial charge < -0.3 is 9.80 Å². The van der Waals surface area contributed by atoms with E-state index in [1.54, 1.807) is 0 Å². The summed E-state index contributed by atoms with van der Waals surface area (Å²) >= 11 is 0. The number of amides is 1. The quantitative estimate of drug-likeness (QED) is 0.746. The number of hydrogen-bond donors (Lipinski definition) is 0. The highest BCUT2D eigenvalue weighted by Crippen LogP contribution is 2.35. The molecule has 19 heavy (non-hydrogen) atoms. The predicted octanol–water partition coefficient (Wildman–Crippen LogP) is 1.02. The lowest BCUT2D eigenvalue weighted by Gasteiger charge is -2.58. The van der Waals surface area contributed by atoms with Crippen LogP contribution < -0.4 is 0 Å². The molecule has 4 nitrogen and oxygen atoms in total. The molecule has 1 amide bonds. The van der Waals surface area contributed by atoms with Gasteiger partial charge in [0.1, 0.15) is 0 Å². The molecule has 0 aliphatic carbocycles. The lowest BCUT2D eigenvalue weighted by Crippen LogP contribution is -2.71. The topological polar surface area (TPSA) is 26.8 Å². The average molecular weight is 265 g/mol. The molecule has 4 rings (SSSR count). The third kappa shape index (κ3) is 2.40. The number of carbonyl (C=O) groups excluding carboxylic acids is 1. The SMILES string of the molecule is CC(C)N1C2CC1CN(C(=O)C1CCN(C)CC1)C2. The van der Waals surface area contributed by atoms with Crippen molar-refractivity contribution in [1.29, 1.82) is 0 Å². The zero-order valence-corrected chi connectivity index (χ0v) is 12.5. The Labute approximate surface area is 116 Å². The number of hydrogen-bond acceptors (Lipinski definition) is 3. The lowest BCUT2D eigenvalue weighted by atomic mass is 9.84. The minimum Gasteiger partial charge on any atom is -0.339 e. The van der Waals surface area contributed by atoms with Crippen LogP contribution in [0.15, 0.2) is 0 Å². The molecule has 2 bridgehead atoms. The van der Waals surface area contributed by atoms with E-state index in [2.05, 4.69) is 35.6 Å². The maximum Gasteiger partial charge on any atom is 0.225 e. The summed E-state index contributed by atoms with van der Waals surface area (Å²) in [5, 5.41) is 0. The van der Waals surface area contributed by atoms with Gasteiger partial charge in [0.25, 0.3) is 0 Å².